The number of rotatable bonds is 9. The predicted molar refractivity (Wildman–Crippen MR) is 124 cm³/mol. The predicted octanol–water partition coefficient (Wildman–Crippen LogP) is -3.46. The van der Waals surface area contributed by atoms with E-state index in [1.807, 2.05) is 0 Å². The lowest BCUT2D eigenvalue weighted by molar-refractivity contribution is -0.336. The lowest BCUT2D eigenvalue weighted by Gasteiger charge is -2.47. The molecule has 0 radical (unpaired) electrons. The number of carbonyl (C=O) groups is 3. The Morgan fingerprint density at radius 2 is 1.47 bits per heavy atom. The van der Waals surface area contributed by atoms with Gasteiger partial charge in [-0.1, -0.05) is 12.1 Å². The van der Waals surface area contributed by atoms with Gasteiger partial charge in [0.2, 0.25) is 5.91 Å². The number of aliphatic hydroxyl groups is 5. The highest BCUT2D eigenvalue weighted by atomic mass is 16.7. The van der Waals surface area contributed by atoms with Gasteiger partial charge >= 0.3 is 5.97 Å². The molecule has 2 saturated heterocycles. The van der Waals surface area contributed by atoms with Gasteiger partial charge in [0, 0.05) is 14.0 Å². The van der Waals surface area contributed by atoms with Gasteiger partial charge in [0.1, 0.15) is 42.7 Å². The number of amides is 2. The normalized spacial score (nSPS) is 35.3. The van der Waals surface area contributed by atoms with E-state index in [0.717, 1.165) is 0 Å². The van der Waals surface area contributed by atoms with Gasteiger partial charge in [0.15, 0.2) is 12.6 Å². The molecule has 0 aliphatic carbocycles. The number of carboxylic acid groups (broad SMARTS) is 1. The highest BCUT2D eigenvalue weighted by molar-refractivity contribution is 6.04. The fourth-order valence-electron chi connectivity index (χ4n) is 4.45. The molecular formula is C23H32N2O13. The van der Waals surface area contributed by atoms with Crippen molar-refractivity contribution in [2.75, 3.05) is 20.3 Å². The fraction of sp³-hybridized carbons (Fsp3) is 0.609. The van der Waals surface area contributed by atoms with Crippen molar-refractivity contribution in [3.05, 3.63) is 35.4 Å². The quantitative estimate of drug-likeness (QED) is 0.151. The summed E-state index contributed by atoms with van der Waals surface area (Å²) in [4.78, 5) is 36.0. The molecule has 2 aliphatic rings. The van der Waals surface area contributed by atoms with Crippen LogP contribution in [0.3, 0.4) is 0 Å². The maximum Gasteiger partial charge on any atom is 0.336 e. The SMILES string of the molecule is CO[C@H]1O[C@H](CO)[C@@H](O[C@@H]2O[C@H](CO)[C@H](O)[C@@H](NC(=O)c3ccccc3C(=O)O)[C@H]2O)[C@H](O)[C@@H]1NC(C)=O. The minimum atomic E-state index is -1.81. The average molecular weight is 545 g/mol. The Balaban J connectivity index is 1.85. The van der Waals surface area contributed by atoms with E-state index in [2.05, 4.69) is 10.6 Å². The first kappa shape index (κ1) is 29.8. The van der Waals surface area contributed by atoms with E-state index in [-0.39, 0.29) is 11.1 Å². The molecule has 0 saturated carbocycles. The van der Waals surface area contributed by atoms with Gasteiger partial charge in [-0.15, -0.1) is 0 Å². The molecule has 3 rings (SSSR count). The zero-order valence-corrected chi connectivity index (χ0v) is 20.5. The number of ether oxygens (including phenoxy) is 4. The Kier molecular flexibility index (Phi) is 10.1. The smallest absolute Gasteiger partial charge is 0.336 e. The third-order valence-electron chi connectivity index (χ3n) is 6.33. The van der Waals surface area contributed by atoms with Crippen LogP contribution in [0.1, 0.15) is 27.6 Å². The number of hydrogen-bond acceptors (Lipinski definition) is 12. The molecule has 0 unspecified atom stereocenters. The van der Waals surface area contributed by atoms with E-state index in [0.29, 0.717) is 0 Å². The fourth-order valence-corrected chi connectivity index (χ4v) is 4.45. The van der Waals surface area contributed by atoms with Crippen LogP contribution in [0.15, 0.2) is 24.3 Å². The first-order valence-corrected chi connectivity index (χ1v) is 11.7. The van der Waals surface area contributed by atoms with Crippen LogP contribution < -0.4 is 10.6 Å². The topological polar surface area (TPSA) is 234 Å². The zero-order chi connectivity index (χ0) is 28.1. The molecule has 212 valence electrons. The number of hydrogen-bond donors (Lipinski definition) is 8. The van der Waals surface area contributed by atoms with Crippen molar-refractivity contribution in [3.8, 4) is 0 Å². The first-order valence-electron chi connectivity index (χ1n) is 11.7. The minimum Gasteiger partial charge on any atom is -0.478 e. The van der Waals surface area contributed by atoms with E-state index in [4.69, 9.17) is 18.9 Å². The van der Waals surface area contributed by atoms with Gasteiger partial charge in [-0.3, -0.25) is 9.59 Å². The Bertz CT molecular complexity index is 994. The number of carboxylic acids is 1. The molecule has 2 heterocycles. The van der Waals surface area contributed by atoms with Crippen molar-refractivity contribution >= 4 is 17.8 Å². The van der Waals surface area contributed by atoms with Crippen LogP contribution in [0.25, 0.3) is 0 Å². The van der Waals surface area contributed by atoms with Crippen molar-refractivity contribution in [1.82, 2.24) is 10.6 Å². The van der Waals surface area contributed by atoms with E-state index in [9.17, 15) is 45.0 Å². The van der Waals surface area contributed by atoms with Gasteiger partial charge < -0.3 is 60.2 Å². The van der Waals surface area contributed by atoms with E-state index < -0.39 is 92.3 Å². The summed E-state index contributed by atoms with van der Waals surface area (Å²) in [6.45, 7) is -0.237. The van der Waals surface area contributed by atoms with Crippen molar-refractivity contribution in [2.24, 2.45) is 0 Å². The second-order valence-electron chi connectivity index (χ2n) is 8.84. The minimum absolute atomic E-state index is 0.246. The summed E-state index contributed by atoms with van der Waals surface area (Å²) in [5.41, 5.74) is -0.568. The monoisotopic (exact) mass is 544 g/mol. The molecule has 2 amide bonds. The summed E-state index contributed by atoms with van der Waals surface area (Å²) in [5, 5.41) is 66.3. The molecule has 1 aromatic rings. The molecule has 0 bridgehead atoms. The van der Waals surface area contributed by atoms with E-state index in [1.165, 1.54) is 38.3 Å². The third kappa shape index (κ3) is 6.28. The van der Waals surface area contributed by atoms with Crippen LogP contribution in [-0.2, 0) is 23.7 Å². The molecule has 10 atom stereocenters. The summed E-state index contributed by atoms with van der Waals surface area (Å²) < 4.78 is 21.9. The molecule has 38 heavy (non-hydrogen) atoms. The first-order chi connectivity index (χ1) is 18.0. The second kappa shape index (κ2) is 12.9. The number of aromatic carboxylic acids is 1. The standard InChI is InChI=1S/C23H32N2O13/c1-9(28)24-15-17(30)19(13(8-27)37-22(15)35-2)38-23-18(31)14(16(29)12(7-26)36-23)25-20(32)10-5-3-4-6-11(10)21(33)34/h3-6,12-19,22-23,26-27,29-31H,7-8H2,1-2H3,(H,24,28)(H,25,32)(H,33,34)/t12-,13-,14-,15+,16+,17-,18-,19-,22+,23+/m1/s1. The maximum atomic E-state index is 12.9. The van der Waals surface area contributed by atoms with Gasteiger partial charge in [0.05, 0.1) is 30.4 Å². The third-order valence-corrected chi connectivity index (χ3v) is 6.33. The van der Waals surface area contributed by atoms with Gasteiger partial charge in [-0.05, 0) is 12.1 Å². The van der Waals surface area contributed by atoms with Gasteiger partial charge in [-0.2, -0.15) is 0 Å². The summed E-state index contributed by atoms with van der Waals surface area (Å²) in [7, 11) is 1.26. The number of carbonyl (C=O) groups excluding carboxylic acids is 2. The maximum absolute atomic E-state index is 12.9. The van der Waals surface area contributed by atoms with Crippen LogP contribution >= 0.6 is 0 Å². The molecular weight excluding hydrogens is 512 g/mol. The molecule has 2 aliphatic heterocycles. The summed E-state index contributed by atoms with van der Waals surface area (Å²) in [6.07, 6.45) is -11.9. The lowest BCUT2D eigenvalue weighted by atomic mass is 9.94. The summed E-state index contributed by atoms with van der Waals surface area (Å²) in [6, 6.07) is 2.63. The van der Waals surface area contributed by atoms with Crippen LogP contribution in [0.2, 0.25) is 0 Å². The molecule has 2 fully saturated rings. The Morgan fingerprint density at radius 1 is 0.868 bits per heavy atom. The Labute approximate surface area is 216 Å². The van der Waals surface area contributed by atoms with Crippen molar-refractivity contribution in [1.29, 1.82) is 0 Å². The molecule has 0 spiro atoms. The summed E-state index contributed by atoms with van der Waals surface area (Å²) >= 11 is 0. The number of methoxy groups -OCH3 is 1. The largest absolute Gasteiger partial charge is 0.478 e. The van der Waals surface area contributed by atoms with Crippen LogP contribution in [0.4, 0.5) is 0 Å². The average Bonchev–Trinajstić information content (AvgIpc) is 2.89. The van der Waals surface area contributed by atoms with Crippen LogP contribution in [-0.4, -0.2) is 130 Å². The highest BCUT2D eigenvalue weighted by Crippen LogP contribution is 2.29. The molecule has 0 aromatic heterocycles. The second-order valence-corrected chi connectivity index (χ2v) is 8.84. The van der Waals surface area contributed by atoms with Gasteiger partial charge in [-0.25, -0.2) is 4.79 Å². The zero-order valence-electron chi connectivity index (χ0n) is 20.5. The van der Waals surface area contributed by atoms with Crippen molar-refractivity contribution in [3.63, 3.8) is 0 Å². The Hall–Kier alpha value is -2.73. The molecule has 15 heteroatoms. The van der Waals surface area contributed by atoms with E-state index in [1.54, 1.807) is 0 Å². The molecule has 8 N–H and O–H groups in total. The number of benzene rings is 1. The van der Waals surface area contributed by atoms with Crippen LogP contribution in [0.5, 0.6) is 0 Å². The number of aliphatic hydroxyl groups excluding tert-OH is 5. The van der Waals surface area contributed by atoms with Gasteiger partial charge in [0.25, 0.3) is 5.91 Å². The molecule has 1 aromatic carbocycles. The molecule has 15 nitrogen and oxygen atoms in total. The Morgan fingerprint density at radius 3 is 2.03 bits per heavy atom. The van der Waals surface area contributed by atoms with E-state index >= 15 is 0 Å². The van der Waals surface area contributed by atoms with Crippen LogP contribution in [0, 0.1) is 0 Å². The summed E-state index contributed by atoms with van der Waals surface area (Å²) in [5.74, 6) is -2.84. The lowest BCUT2D eigenvalue weighted by Crippen LogP contribution is -2.69. The highest BCUT2D eigenvalue weighted by Gasteiger charge is 2.51. The van der Waals surface area contributed by atoms with Crippen molar-refractivity contribution in [2.45, 2.75) is 68.2 Å². The number of nitrogens with one attached hydrogen (secondary N) is 2. The van der Waals surface area contributed by atoms with Crippen molar-refractivity contribution < 1.29 is 64.0 Å².